The molecule has 1 amide bonds. The third-order valence-corrected chi connectivity index (χ3v) is 5.28. The predicted octanol–water partition coefficient (Wildman–Crippen LogP) is 5.08. The van der Waals surface area contributed by atoms with E-state index in [9.17, 15) is 4.79 Å². The molecule has 0 fully saturated rings. The maximum atomic E-state index is 11.4. The maximum Gasteiger partial charge on any atom is 0.238 e. The van der Waals surface area contributed by atoms with Crippen LogP contribution in [-0.2, 0) is 11.3 Å². The molecule has 1 unspecified atom stereocenters. The van der Waals surface area contributed by atoms with Crippen LogP contribution in [0.3, 0.4) is 0 Å². The van der Waals surface area contributed by atoms with Crippen molar-refractivity contribution in [2.24, 2.45) is 0 Å². The van der Waals surface area contributed by atoms with Crippen molar-refractivity contribution in [3.63, 3.8) is 0 Å². The number of nitrogens with zero attached hydrogens (tertiary/aromatic N) is 2. The Hall–Kier alpha value is -1.26. The summed E-state index contributed by atoms with van der Waals surface area (Å²) in [4.78, 5) is 13.6. The zero-order valence-corrected chi connectivity index (χ0v) is 15.7. The minimum atomic E-state index is -0.217. The van der Waals surface area contributed by atoms with E-state index in [-0.39, 0.29) is 11.8 Å². The largest absolute Gasteiger partial charge is 0.301 e. The first-order valence-corrected chi connectivity index (χ1v) is 8.69. The van der Waals surface area contributed by atoms with Crippen molar-refractivity contribution >= 4 is 46.6 Å². The molecule has 0 spiro atoms. The predicted molar refractivity (Wildman–Crippen MR) is 100 cm³/mol. The van der Waals surface area contributed by atoms with E-state index in [0.717, 1.165) is 34.2 Å². The van der Waals surface area contributed by atoms with Crippen LogP contribution in [0.5, 0.6) is 0 Å². The van der Waals surface area contributed by atoms with Crippen LogP contribution >= 0.6 is 35.0 Å². The number of likely N-dealkylation sites (N-methyl/N-ethyl adjacent to an activating group) is 1. The van der Waals surface area contributed by atoms with E-state index >= 15 is 0 Å². The van der Waals surface area contributed by atoms with Gasteiger partial charge in [-0.05, 0) is 48.0 Å². The zero-order chi connectivity index (χ0) is 17.4. The zero-order valence-electron chi connectivity index (χ0n) is 13.4. The van der Waals surface area contributed by atoms with Gasteiger partial charge in [-0.25, -0.2) is 4.42 Å². The standard InChI is InChI=1S/C18H17Cl3N2O/c1-11(24)23(21)14-5-3-12(4-6-14)16-9-22(2)10-17-15(16)7-13(19)8-18(17)20/h3-8,16H,9-10H2,1-2H3. The molecule has 2 aromatic carbocycles. The summed E-state index contributed by atoms with van der Waals surface area (Å²) >= 11 is 18.6. The van der Waals surface area contributed by atoms with Crippen molar-refractivity contribution in [3.8, 4) is 0 Å². The Morgan fingerprint density at radius 3 is 2.50 bits per heavy atom. The van der Waals surface area contributed by atoms with Crippen molar-refractivity contribution in [3.05, 3.63) is 63.1 Å². The van der Waals surface area contributed by atoms with E-state index in [1.54, 1.807) is 6.07 Å². The summed E-state index contributed by atoms with van der Waals surface area (Å²) < 4.78 is 1.11. The van der Waals surface area contributed by atoms with Crippen LogP contribution in [0.2, 0.25) is 10.0 Å². The van der Waals surface area contributed by atoms with Crippen LogP contribution in [0.4, 0.5) is 5.69 Å². The lowest BCUT2D eigenvalue weighted by Gasteiger charge is -2.33. The molecule has 1 aliphatic rings. The van der Waals surface area contributed by atoms with Crippen molar-refractivity contribution in [2.45, 2.75) is 19.4 Å². The highest BCUT2D eigenvalue weighted by Crippen LogP contribution is 2.38. The molecule has 2 aromatic rings. The molecule has 1 atom stereocenters. The molecule has 6 heteroatoms. The minimum Gasteiger partial charge on any atom is -0.301 e. The van der Waals surface area contributed by atoms with Crippen molar-refractivity contribution in [1.29, 1.82) is 0 Å². The minimum absolute atomic E-state index is 0.171. The number of amides is 1. The summed E-state index contributed by atoms with van der Waals surface area (Å²) in [6, 6.07) is 11.5. The van der Waals surface area contributed by atoms with Crippen LogP contribution in [0.1, 0.15) is 29.5 Å². The number of hydrogen-bond donors (Lipinski definition) is 0. The molecule has 0 radical (unpaired) electrons. The van der Waals surface area contributed by atoms with Crippen molar-refractivity contribution in [1.82, 2.24) is 4.90 Å². The quantitative estimate of drug-likeness (QED) is 0.675. The first-order chi connectivity index (χ1) is 11.4. The van der Waals surface area contributed by atoms with Crippen LogP contribution in [0.15, 0.2) is 36.4 Å². The second-order valence-electron chi connectivity index (χ2n) is 6.10. The number of halogens is 3. The fourth-order valence-corrected chi connectivity index (χ4v) is 3.83. The second kappa shape index (κ2) is 6.93. The lowest BCUT2D eigenvalue weighted by Crippen LogP contribution is -2.31. The van der Waals surface area contributed by atoms with Crippen molar-refractivity contribution in [2.75, 3.05) is 18.0 Å². The van der Waals surface area contributed by atoms with E-state index in [1.165, 1.54) is 6.92 Å². The number of anilines is 1. The van der Waals surface area contributed by atoms with E-state index in [0.29, 0.717) is 15.7 Å². The van der Waals surface area contributed by atoms with E-state index in [1.807, 2.05) is 30.3 Å². The highest BCUT2D eigenvalue weighted by atomic mass is 35.5. The van der Waals surface area contributed by atoms with Crippen molar-refractivity contribution < 1.29 is 4.79 Å². The molecule has 3 rings (SSSR count). The van der Waals surface area contributed by atoms with Gasteiger partial charge in [0.25, 0.3) is 0 Å². The number of carbonyl (C=O) groups excluding carboxylic acids is 1. The topological polar surface area (TPSA) is 23.6 Å². The lowest BCUT2D eigenvalue weighted by atomic mass is 9.84. The molecule has 0 aromatic heterocycles. The van der Waals surface area contributed by atoms with Gasteiger partial charge in [0.2, 0.25) is 5.91 Å². The summed E-state index contributed by atoms with van der Waals surface area (Å²) in [7, 11) is 2.07. The smallest absolute Gasteiger partial charge is 0.238 e. The Morgan fingerprint density at radius 1 is 1.21 bits per heavy atom. The molecule has 0 bridgehead atoms. The second-order valence-corrected chi connectivity index (χ2v) is 7.28. The molecule has 1 aliphatic heterocycles. The van der Waals surface area contributed by atoms with Crippen LogP contribution in [-0.4, -0.2) is 24.4 Å². The normalized spacial score (nSPS) is 17.5. The van der Waals surface area contributed by atoms with Gasteiger partial charge in [-0.1, -0.05) is 35.3 Å². The van der Waals surface area contributed by atoms with Crippen LogP contribution in [0, 0.1) is 0 Å². The molecule has 0 saturated carbocycles. The molecule has 0 aliphatic carbocycles. The molecular formula is C18H17Cl3N2O. The van der Waals surface area contributed by atoms with Crippen LogP contribution in [0.25, 0.3) is 0 Å². The molecule has 3 nitrogen and oxygen atoms in total. The number of hydrogen-bond acceptors (Lipinski definition) is 2. The first kappa shape index (κ1) is 17.6. The average molecular weight is 384 g/mol. The van der Waals surface area contributed by atoms with Gasteiger partial charge in [-0.3, -0.25) is 4.79 Å². The van der Waals surface area contributed by atoms with Gasteiger partial charge in [-0.2, -0.15) is 0 Å². The Balaban J connectivity index is 2.00. The fourth-order valence-electron chi connectivity index (χ4n) is 3.15. The van der Waals surface area contributed by atoms with E-state index < -0.39 is 0 Å². The number of benzene rings is 2. The van der Waals surface area contributed by atoms with E-state index in [4.69, 9.17) is 35.0 Å². The third kappa shape index (κ3) is 3.40. The Morgan fingerprint density at radius 2 is 1.88 bits per heavy atom. The number of carbonyl (C=O) groups is 1. The number of fused-ring (bicyclic) bond motifs is 1. The van der Waals surface area contributed by atoms with Gasteiger partial charge >= 0.3 is 0 Å². The van der Waals surface area contributed by atoms with Gasteiger partial charge in [0.1, 0.15) is 0 Å². The summed E-state index contributed by atoms with van der Waals surface area (Å²) in [6.45, 7) is 3.11. The summed E-state index contributed by atoms with van der Waals surface area (Å²) in [5.74, 6) is -0.0455. The highest BCUT2D eigenvalue weighted by Gasteiger charge is 2.27. The summed E-state index contributed by atoms with van der Waals surface area (Å²) in [5, 5.41) is 1.35. The average Bonchev–Trinajstić information content (AvgIpc) is 2.54. The molecule has 24 heavy (non-hydrogen) atoms. The molecule has 0 N–H and O–H groups in total. The Labute approximate surface area is 156 Å². The Kier molecular flexibility index (Phi) is 5.07. The van der Waals surface area contributed by atoms with Crippen LogP contribution < -0.4 is 4.42 Å². The molecule has 1 heterocycles. The molecular weight excluding hydrogens is 367 g/mol. The molecule has 126 valence electrons. The summed E-state index contributed by atoms with van der Waals surface area (Å²) in [6.07, 6.45) is 0. The highest BCUT2D eigenvalue weighted by molar-refractivity contribution is 6.36. The van der Waals surface area contributed by atoms with E-state index in [2.05, 4.69) is 11.9 Å². The SMILES string of the molecule is CC(=O)N(Cl)c1ccc(C2CN(C)Cc3c(Cl)cc(Cl)cc32)cc1. The lowest BCUT2D eigenvalue weighted by molar-refractivity contribution is -0.115. The van der Waals surface area contributed by atoms with Gasteiger partial charge < -0.3 is 4.90 Å². The first-order valence-electron chi connectivity index (χ1n) is 7.59. The summed E-state index contributed by atoms with van der Waals surface area (Å²) in [5.41, 5.74) is 4.07. The fraction of sp³-hybridized carbons (Fsp3) is 0.278. The third-order valence-electron chi connectivity index (χ3n) is 4.29. The monoisotopic (exact) mass is 382 g/mol. The van der Waals surface area contributed by atoms with Gasteiger partial charge in [0.15, 0.2) is 0 Å². The van der Waals surface area contributed by atoms with Gasteiger partial charge in [0, 0.05) is 47.8 Å². The maximum absolute atomic E-state index is 11.4. The number of rotatable bonds is 2. The Bertz CT molecular complexity index is 777. The molecule has 0 saturated heterocycles. The van der Waals surface area contributed by atoms with Gasteiger partial charge in [0.05, 0.1) is 5.69 Å². The van der Waals surface area contributed by atoms with Gasteiger partial charge in [-0.15, -0.1) is 0 Å².